The van der Waals surface area contributed by atoms with Crippen LogP contribution in [0, 0.1) is 13.8 Å². The van der Waals surface area contributed by atoms with E-state index < -0.39 is 0 Å². The lowest BCUT2D eigenvalue weighted by Crippen LogP contribution is -2.29. The van der Waals surface area contributed by atoms with Crippen molar-refractivity contribution in [1.82, 2.24) is 10.3 Å². The number of rotatable bonds is 4. The molecule has 0 saturated carbocycles. The maximum absolute atomic E-state index is 4.62. The highest BCUT2D eigenvalue weighted by atomic mass is 32.2. The zero-order chi connectivity index (χ0) is 12.3. The highest BCUT2D eigenvalue weighted by molar-refractivity contribution is 7.99. The van der Waals surface area contributed by atoms with E-state index in [1.165, 1.54) is 40.6 Å². The second-order valence-electron chi connectivity index (χ2n) is 4.79. The van der Waals surface area contributed by atoms with E-state index in [1.54, 1.807) is 11.3 Å². The second-order valence-corrected chi connectivity index (χ2v) is 7.61. The monoisotopic (exact) mass is 270 g/mol. The molecular weight excluding hydrogens is 248 g/mol. The number of thioether (sulfide) groups is 1. The summed E-state index contributed by atoms with van der Waals surface area (Å²) < 4.78 is 0. The van der Waals surface area contributed by atoms with Gasteiger partial charge in [0.15, 0.2) is 0 Å². The van der Waals surface area contributed by atoms with Crippen molar-refractivity contribution in [3.63, 3.8) is 0 Å². The minimum atomic E-state index is 0.391. The first-order chi connectivity index (χ1) is 8.16. The Balaban J connectivity index is 1.84. The fourth-order valence-electron chi connectivity index (χ4n) is 2.32. The van der Waals surface area contributed by atoms with Gasteiger partial charge in [0, 0.05) is 22.7 Å². The third kappa shape index (κ3) is 3.70. The molecule has 1 aromatic rings. The molecule has 1 saturated heterocycles. The molecule has 2 rings (SSSR count). The molecule has 2 nitrogen and oxygen atoms in total. The third-order valence-electron chi connectivity index (χ3n) is 3.28. The normalized spacial score (nSPS) is 22.6. The van der Waals surface area contributed by atoms with Crippen molar-refractivity contribution >= 4 is 23.1 Å². The zero-order valence-electron chi connectivity index (χ0n) is 11.0. The Morgan fingerprint density at radius 3 is 2.82 bits per heavy atom. The smallest absolute Gasteiger partial charge is 0.0900 e. The average Bonchev–Trinajstić information content (AvgIpc) is 2.67. The van der Waals surface area contributed by atoms with Crippen LogP contribution in [-0.2, 0) is 0 Å². The lowest BCUT2D eigenvalue weighted by molar-refractivity contribution is 0.530. The predicted molar refractivity (Wildman–Crippen MR) is 78.1 cm³/mol. The molecule has 4 heteroatoms. The van der Waals surface area contributed by atoms with E-state index >= 15 is 0 Å². The molecule has 0 amide bonds. The molecular formula is C13H22N2S2. The molecule has 0 radical (unpaired) electrons. The van der Waals surface area contributed by atoms with Crippen LogP contribution in [0.3, 0.4) is 0 Å². The Morgan fingerprint density at radius 2 is 2.24 bits per heavy atom. The summed E-state index contributed by atoms with van der Waals surface area (Å²) in [6.45, 7) is 7.62. The Hall–Kier alpha value is -0.0600. The largest absolute Gasteiger partial charge is 0.308 e. The molecule has 0 aromatic carbocycles. The van der Waals surface area contributed by atoms with E-state index in [9.17, 15) is 0 Å². The highest BCUT2D eigenvalue weighted by Crippen LogP contribution is 2.26. The van der Waals surface area contributed by atoms with Gasteiger partial charge in [0.05, 0.1) is 10.7 Å². The molecule has 1 fully saturated rings. The summed E-state index contributed by atoms with van der Waals surface area (Å²) in [6.07, 6.45) is 4.18. The van der Waals surface area contributed by atoms with Gasteiger partial charge in [0.2, 0.25) is 0 Å². The summed E-state index contributed by atoms with van der Waals surface area (Å²) in [4.78, 5) is 5.98. The van der Waals surface area contributed by atoms with Crippen LogP contribution in [0.2, 0.25) is 0 Å². The predicted octanol–water partition coefficient (Wildman–Crippen LogP) is 3.70. The maximum atomic E-state index is 4.62. The molecule has 96 valence electrons. The van der Waals surface area contributed by atoms with Crippen LogP contribution in [0.25, 0.3) is 0 Å². The van der Waals surface area contributed by atoms with Crippen LogP contribution in [0.4, 0.5) is 0 Å². The topological polar surface area (TPSA) is 24.9 Å². The van der Waals surface area contributed by atoms with Gasteiger partial charge < -0.3 is 5.32 Å². The molecule has 17 heavy (non-hydrogen) atoms. The minimum Gasteiger partial charge on any atom is -0.308 e. The molecule has 2 heterocycles. The first kappa shape index (κ1) is 13.4. The quantitative estimate of drug-likeness (QED) is 0.903. The number of hydrogen-bond acceptors (Lipinski definition) is 4. The van der Waals surface area contributed by atoms with Gasteiger partial charge >= 0.3 is 0 Å². The molecule has 0 aliphatic carbocycles. The van der Waals surface area contributed by atoms with Gasteiger partial charge in [0.25, 0.3) is 0 Å². The van der Waals surface area contributed by atoms with Crippen LogP contribution >= 0.6 is 23.1 Å². The number of hydrogen-bond donors (Lipinski definition) is 1. The van der Waals surface area contributed by atoms with E-state index in [1.807, 2.05) is 0 Å². The molecule has 2 unspecified atom stereocenters. The fourth-order valence-corrected chi connectivity index (χ4v) is 4.49. The molecule has 1 N–H and O–H groups in total. The van der Waals surface area contributed by atoms with E-state index in [-0.39, 0.29) is 0 Å². The van der Waals surface area contributed by atoms with Crippen LogP contribution in [0.1, 0.15) is 47.8 Å². The standard InChI is InChI=1S/C13H22N2S2/c1-9(13-10(2)17-11(3)15-13)14-8-12-6-4-5-7-16-12/h9,12,14H,4-8H2,1-3H3. The Labute approximate surface area is 113 Å². The zero-order valence-corrected chi connectivity index (χ0v) is 12.6. The number of thiazole rings is 1. The molecule has 2 atom stereocenters. The van der Waals surface area contributed by atoms with Crippen molar-refractivity contribution in [3.8, 4) is 0 Å². The molecule has 1 aliphatic heterocycles. The molecule has 0 bridgehead atoms. The van der Waals surface area contributed by atoms with E-state index in [0.717, 1.165) is 11.8 Å². The van der Waals surface area contributed by atoms with Gasteiger partial charge in [0.1, 0.15) is 0 Å². The lowest BCUT2D eigenvalue weighted by atomic mass is 10.1. The highest BCUT2D eigenvalue weighted by Gasteiger charge is 2.17. The van der Waals surface area contributed by atoms with Crippen molar-refractivity contribution in [2.24, 2.45) is 0 Å². The van der Waals surface area contributed by atoms with Gasteiger partial charge in [-0.05, 0) is 39.4 Å². The van der Waals surface area contributed by atoms with Crippen LogP contribution in [-0.4, -0.2) is 22.5 Å². The van der Waals surface area contributed by atoms with Gasteiger partial charge in [-0.25, -0.2) is 4.98 Å². The summed E-state index contributed by atoms with van der Waals surface area (Å²) in [5, 5.41) is 5.64. The first-order valence-corrected chi connectivity index (χ1v) is 8.32. The number of nitrogens with zero attached hydrogens (tertiary/aromatic N) is 1. The Morgan fingerprint density at radius 1 is 1.41 bits per heavy atom. The molecule has 1 aromatic heterocycles. The SMILES string of the molecule is Cc1nc(C(C)NCC2CCCCS2)c(C)s1. The number of aryl methyl sites for hydroxylation is 2. The summed E-state index contributed by atoms with van der Waals surface area (Å²) in [7, 11) is 0. The lowest BCUT2D eigenvalue weighted by Gasteiger charge is -2.23. The fraction of sp³-hybridized carbons (Fsp3) is 0.769. The minimum absolute atomic E-state index is 0.391. The van der Waals surface area contributed by atoms with Gasteiger partial charge in [-0.15, -0.1) is 11.3 Å². The Kier molecular flexibility index (Phi) is 4.88. The van der Waals surface area contributed by atoms with E-state index in [2.05, 4.69) is 42.8 Å². The summed E-state index contributed by atoms with van der Waals surface area (Å²) in [6, 6.07) is 0.391. The summed E-state index contributed by atoms with van der Waals surface area (Å²) in [5.74, 6) is 1.34. The maximum Gasteiger partial charge on any atom is 0.0900 e. The third-order valence-corrected chi connectivity index (χ3v) is 5.58. The van der Waals surface area contributed by atoms with Gasteiger partial charge in [-0.3, -0.25) is 0 Å². The van der Waals surface area contributed by atoms with Crippen molar-refractivity contribution in [1.29, 1.82) is 0 Å². The summed E-state index contributed by atoms with van der Waals surface area (Å²) in [5.41, 5.74) is 1.24. The van der Waals surface area contributed by atoms with Gasteiger partial charge in [-0.1, -0.05) is 6.42 Å². The number of aromatic nitrogens is 1. The average molecular weight is 270 g/mol. The van der Waals surface area contributed by atoms with Crippen molar-refractivity contribution in [2.75, 3.05) is 12.3 Å². The van der Waals surface area contributed by atoms with Crippen LogP contribution in [0.15, 0.2) is 0 Å². The van der Waals surface area contributed by atoms with Crippen molar-refractivity contribution in [2.45, 2.75) is 51.3 Å². The van der Waals surface area contributed by atoms with Crippen molar-refractivity contribution in [3.05, 3.63) is 15.6 Å². The van der Waals surface area contributed by atoms with Crippen molar-refractivity contribution < 1.29 is 0 Å². The van der Waals surface area contributed by atoms with Gasteiger partial charge in [-0.2, -0.15) is 11.8 Å². The van der Waals surface area contributed by atoms with Crippen LogP contribution < -0.4 is 5.32 Å². The second kappa shape index (κ2) is 6.21. The van der Waals surface area contributed by atoms with E-state index in [0.29, 0.717) is 6.04 Å². The number of nitrogens with one attached hydrogen (secondary N) is 1. The van der Waals surface area contributed by atoms with Crippen LogP contribution in [0.5, 0.6) is 0 Å². The first-order valence-electron chi connectivity index (χ1n) is 6.45. The molecule has 0 spiro atoms. The Bertz CT molecular complexity index is 356. The summed E-state index contributed by atoms with van der Waals surface area (Å²) >= 11 is 3.93. The molecule has 1 aliphatic rings. The van der Waals surface area contributed by atoms with E-state index in [4.69, 9.17) is 0 Å².